The van der Waals surface area contributed by atoms with Crippen LogP contribution in [-0.4, -0.2) is 50.5 Å². The van der Waals surface area contributed by atoms with E-state index in [1.807, 2.05) is 41.5 Å². The Labute approximate surface area is 140 Å². The van der Waals surface area contributed by atoms with Gasteiger partial charge in [-0.1, -0.05) is 0 Å². The second kappa shape index (κ2) is 5.43. The number of anilines is 2. The van der Waals surface area contributed by atoms with Crippen LogP contribution in [0.15, 0.2) is 37.1 Å². The summed E-state index contributed by atoms with van der Waals surface area (Å²) in [7, 11) is 0. The third-order valence-corrected chi connectivity index (χ3v) is 4.80. The molecule has 0 unspecified atom stereocenters. The quantitative estimate of drug-likeness (QED) is 0.732. The summed E-state index contributed by atoms with van der Waals surface area (Å²) in [5.41, 5.74) is 0.920. The molecule has 0 N–H and O–H groups in total. The lowest BCUT2D eigenvalue weighted by Crippen LogP contribution is -2.47. The molecule has 1 aliphatic heterocycles. The molecule has 24 heavy (non-hydrogen) atoms. The summed E-state index contributed by atoms with van der Waals surface area (Å²) in [6, 6.07) is 2.02. The van der Waals surface area contributed by atoms with Crippen molar-refractivity contribution in [3.05, 3.63) is 42.9 Å². The maximum absolute atomic E-state index is 4.76. The number of nitrogens with zero attached hydrogens (tertiary/aromatic N) is 7. The number of hydrogen-bond donors (Lipinski definition) is 0. The summed E-state index contributed by atoms with van der Waals surface area (Å²) in [6.45, 7) is 3.71. The van der Waals surface area contributed by atoms with Crippen LogP contribution >= 0.6 is 0 Å². The zero-order valence-electron chi connectivity index (χ0n) is 13.4. The number of rotatable bonds is 3. The SMILES string of the molecule is c1cc(N2CCN(c3nccn4ccnc34)CC2)nc(C2CC2)n1. The summed E-state index contributed by atoms with van der Waals surface area (Å²) in [4.78, 5) is 22.8. The molecule has 0 atom stereocenters. The first-order valence-electron chi connectivity index (χ1n) is 8.49. The molecule has 2 aliphatic rings. The van der Waals surface area contributed by atoms with Crippen LogP contribution in [0.3, 0.4) is 0 Å². The van der Waals surface area contributed by atoms with Crippen molar-refractivity contribution in [1.82, 2.24) is 24.3 Å². The Bertz CT molecular complexity index is 862. The van der Waals surface area contributed by atoms with Crippen LogP contribution in [0.2, 0.25) is 0 Å². The number of imidazole rings is 1. The van der Waals surface area contributed by atoms with Gasteiger partial charge in [0.15, 0.2) is 11.5 Å². The lowest BCUT2D eigenvalue weighted by Gasteiger charge is -2.36. The van der Waals surface area contributed by atoms with E-state index in [0.29, 0.717) is 5.92 Å². The number of hydrogen-bond acceptors (Lipinski definition) is 6. The van der Waals surface area contributed by atoms with Crippen LogP contribution in [0, 0.1) is 0 Å². The highest BCUT2D eigenvalue weighted by Gasteiger charge is 2.27. The highest BCUT2D eigenvalue weighted by Crippen LogP contribution is 2.38. The fraction of sp³-hybridized carbons (Fsp3) is 0.412. The smallest absolute Gasteiger partial charge is 0.180 e. The van der Waals surface area contributed by atoms with Gasteiger partial charge in [0.25, 0.3) is 0 Å². The topological polar surface area (TPSA) is 62.5 Å². The predicted molar refractivity (Wildman–Crippen MR) is 91.4 cm³/mol. The van der Waals surface area contributed by atoms with E-state index >= 15 is 0 Å². The predicted octanol–water partition coefficient (Wildman–Crippen LogP) is 1.72. The first-order chi connectivity index (χ1) is 11.9. The number of aromatic nitrogens is 5. The molecule has 0 radical (unpaired) electrons. The van der Waals surface area contributed by atoms with E-state index in [9.17, 15) is 0 Å². The number of fused-ring (bicyclic) bond motifs is 1. The lowest BCUT2D eigenvalue weighted by molar-refractivity contribution is 0.639. The maximum Gasteiger partial charge on any atom is 0.180 e. The van der Waals surface area contributed by atoms with E-state index in [-0.39, 0.29) is 0 Å². The third kappa shape index (κ3) is 2.36. The Morgan fingerprint density at radius 1 is 0.833 bits per heavy atom. The van der Waals surface area contributed by atoms with Crippen molar-refractivity contribution < 1.29 is 0 Å². The molecule has 0 spiro atoms. The van der Waals surface area contributed by atoms with E-state index in [0.717, 1.165) is 49.3 Å². The lowest BCUT2D eigenvalue weighted by atomic mass is 10.3. The molecule has 0 aromatic carbocycles. The van der Waals surface area contributed by atoms with Crippen molar-refractivity contribution >= 4 is 17.3 Å². The molecular weight excluding hydrogens is 302 g/mol. The molecule has 3 aromatic rings. The minimum absolute atomic E-state index is 0.591. The molecule has 4 heterocycles. The first kappa shape index (κ1) is 13.7. The van der Waals surface area contributed by atoms with E-state index in [2.05, 4.69) is 24.8 Å². The average Bonchev–Trinajstić information content (AvgIpc) is 3.39. The average molecular weight is 321 g/mol. The van der Waals surface area contributed by atoms with E-state index in [1.54, 1.807) is 0 Å². The zero-order chi connectivity index (χ0) is 15.9. The molecule has 2 fully saturated rings. The standard InChI is InChI=1S/C17H19N7/c1-2-13(1)15-18-4-3-14(21-15)22-9-11-24(12-10-22)17-16-19-5-7-23(16)8-6-20-17/h3-8,13H,1-2,9-12H2. The van der Waals surface area contributed by atoms with Crippen molar-refractivity contribution in [3.63, 3.8) is 0 Å². The monoisotopic (exact) mass is 321 g/mol. The number of piperazine rings is 1. The van der Waals surface area contributed by atoms with E-state index < -0.39 is 0 Å². The van der Waals surface area contributed by atoms with Gasteiger partial charge >= 0.3 is 0 Å². The van der Waals surface area contributed by atoms with Gasteiger partial charge < -0.3 is 14.2 Å². The molecular formula is C17H19N7. The van der Waals surface area contributed by atoms with Crippen LogP contribution in [-0.2, 0) is 0 Å². The van der Waals surface area contributed by atoms with Crippen molar-refractivity contribution in [1.29, 1.82) is 0 Å². The Balaban J connectivity index is 1.34. The Hall–Kier alpha value is -2.70. The Morgan fingerprint density at radius 2 is 1.58 bits per heavy atom. The summed E-state index contributed by atoms with van der Waals surface area (Å²) in [5.74, 6) is 3.62. The zero-order valence-corrected chi connectivity index (χ0v) is 13.4. The third-order valence-electron chi connectivity index (χ3n) is 4.80. The van der Waals surface area contributed by atoms with Crippen LogP contribution in [0.4, 0.5) is 11.6 Å². The molecule has 0 amide bonds. The Kier molecular flexibility index (Phi) is 3.11. The molecule has 1 saturated heterocycles. The molecule has 0 bridgehead atoms. The summed E-state index contributed by atoms with van der Waals surface area (Å²) in [5, 5.41) is 0. The second-order valence-electron chi connectivity index (χ2n) is 6.43. The molecule has 122 valence electrons. The molecule has 5 rings (SSSR count). The summed E-state index contributed by atoms with van der Waals surface area (Å²) >= 11 is 0. The normalized spacial score (nSPS) is 18.3. The fourth-order valence-corrected chi connectivity index (χ4v) is 3.29. The van der Waals surface area contributed by atoms with Gasteiger partial charge in [-0.05, 0) is 18.9 Å². The molecule has 7 nitrogen and oxygen atoms in total. The van der Waals surface area contributed by atoms with Gasteiger partial charge in [0.05, 0.1) is 0 Å². The largest absolute Gasteiger partial charge is 0.353 e. The van der Waals surface area contributed by atoms with Crippen molar-refractivity contribution in [3.8, 4) is 0 Å². The van der Waals surface area contributed by atoms with Gasteiger partial charge in [0.2, 0.25) is 0 Å². The van der Waals surface area contributed by atoms with E-state index in [4.69, 9.17) is 4.98 Å². The van der Waals surface area contributed by atoms with Gasteiger partial charge in [-0.3, -0.25) is 0 Å². The molecule has 1 aliphatic carbocycles. The molecule has 7 heteroatoms. The molecule has 3 aromatic heterocycles. The first-order valence-corrected chi connectivity index (χ1v) is 8.49. The fourth-order valence-electron chi connectivity index (χ4n) is 3.29. The van der Waals surface area contributed by atoms with E-state index in [1.165, 1.54) is 12.8 Å². The summed E-state index contributed by atoms with van der Waals surface area (Å²) in [6.07, 6.45) is 11.9. The van der Waals surface area contributed by atoms with Crippen LogP contribution in [0.25, 0.3) is 5.65 Å². The van der Waals surface area contributed by atoms with Gasteiger partial charge in [0, 0.05) is 63.1 Å². The Morgan fingerprint density at radius 3 is 2.38 bits per heavy atom. The van der Waals surface area contributed by atoms with Gasteiger partial charge in [-0.15, -0.1) is 0 Å². The highest BCUT2D eigenvalue weighted by atomic mass is 15.3. The van der Waals surface area contributed by atoms with Crippen LogP contribution < -0.4 is 9.80 Å². The van der Waals surface area contributed by atoms with Gasteiger partial charge in [-0.2, -0.15) is 0 Å². The molecule has 1 saturated carbocycles. The van der Waals surface area contributed by atoms with Crippen LogP contribution in [0.1, 0.15) is 24.6 Å². The minimum Gasteiger partial charge on any atom is -0.353 e. The summed E-state index contributed by atoms with van der Waals surface area (Å²) < 4.78 is 2.01. The highest BCUT2D eigenvalue weighted by molar-refractivity contribution is 5.64. The van der Waals surface area contributed by atoms with Crippen molar-refractivity contribution in [2.24, 2.45) is 0 Å². The maximum atomic E-state index is 4.76. The van der Waals surface area contributed by atoms with Crippen molar-refractivity contribution in [2.75, 3.05) is 36.0 Å². The van der Waals surface area contributed by atoms with Crippen LogP contribution in [0.5, 0.6) is 0 Å². The second-order valence-corrected chi connectivity index (χ2v) is 6.43. The van der Waals surface area contributed by atoms with Gasteiger partial charge in [0.1, 0.15) is 11.6 Å². The van der Waals surface area contributed by atoms with Crippen molar-refractivity contribution in [2.45, 2.75) is 18.8 Å². The van der Waals surface area contributed by atoms with Gasteiger partial charge in [-0.25, -0.2) is 19.9 Å². The minimum atomic E-state index is 0.591.